The Kier molecular flexibility index (Phi) is 5.30. The lowest BCUT2D eigenvalue weighted by atomic mass is 9.83. The zero-order valence-electron chi connectivity index (χ0n) is 19.3. The topological polar surface area (TPSA) is 72.8 Å². The second-order valence-corrected chi connectivity index (χ2v) is 9.14. The molecule has 0 aliphatic carbocycles. The third-order valence-corrected chi connectivity index (χ3v) is 5.58. The number of anilines is 1. The van der Waals surface area contributed by atoms with Crippen LogP contribution >= 0.6 is 0 Å². The molecule has 3 aromatic rings. The summed E-state index contributed by atoms with van der Waals surface area (Å²) in [7, 11) is 3.27. The van der Waals surface area contributed by atoms with Crippen molar-refractivity contribution >= 4 is 28.6 Å². The van der Waals surface area contributed by atoms with Gasteiger partial charge < -0.3 is 18.9 Å². The molecule has 180 valence electrons. The molecule has 4 rings (SSSR count). The number of aromatic nitrogens is 1. The van der Waals surface area contributed by atoms with Crippen LogP contribution in [0.25, 0.3) is 10.9 Å². The van der Waals surface area contributed by atoms with Gasteiger partial charge in [-0.1, -0.05) is 18.2 Å². The van der Waals surface area contributed by atoms with Gasteiger partial charge in [0.2, 0.25) is 0 Å². The van der Waals surface area contributed by atoms with Gasteiger partial charge in [-0.2, -0.15) is 0 Å². The molecular weight excluding hydrogens is 451 g/mol. The smallest absolute Gasteiger partial charge is 0.444 e. The van der Waals surface area contributed by atoms with Crippen molar-refractivity contribution in [2.75, 3.05) is 11.9 Å². The molecule has 1 aliphatic heterocycles. The van der Waals surface area contributed by atoms with Gasteiger partial charge in [-0.05, 0) is 45.0 Å². The summed E-state index contributed by atoms with van der Waals surface area (Å²) in [6, 6.07) is 10.8. The van der Waals surface area contributed by atoms with Crippen LogP contribution in [0, 0.1) is 0 Å². The Balaban J connectivity index is 2.00. The summed E-state index contributed by atoms with van der Waals surface area (Å²) >= 11 is 0. The summed E-state index contributed by atoms with van der Waals surface area (Å²) in [6.45, 7) is 5.01. The van der Waals surface area contributed by atoms with Gasteiger partial charge in [0.05, 0.1) is 5.69 Å². The number of fused-ring (bicyclic) bond motifs is 2. The van der Waals surface area contributed by atoms with Crippen molar-refractivity contribution in [3.63, 3.8) is 0 Å². The highest BCUT2D eigenvalue weighted by Gasteiger charge is 2.54. The number of amides is 2. The van der Waals surface area contributed by atoms with Crippen molar-refractivity contribution < 1.29 is 32.2 Å². The molecule has 0 unspecified atom stereocenters. The molecule has 0 saturated heterocycles. The first kappa shape index (κ1) is 23.5. The van der Waals surface area contributed by atoms with E-state index in [1.807, 2.05) is 12.1 Å². The first-order valence-electron chi connectivity index (χ1n) is 10.5. The normalized spacial score (nSPS) is 18.2. The van der Waals surface area contributed by atoms with Gasteiger partial charge in [0.25, 0.3) is 5.91 Å². The molecule has 2 heterocycles. The highest BCUT2D eigenvalue weighted by atomic mass is 19.4. The highest BCUT2D eigenvalue weighted by molar-refractivity contribution is 6.13. The van der Waals surface area contributed by atoms with Crippen molar-refractivity contribution in [2.24, 2.45) is 7.05 Å². The van der Waals surface area contributed by atoms with Crippen molar-refractivity contribution in [3.05, 3.63) is 59.8 Å². The quantitative estimate of drug-likeness (QED) is 0.590. The van der Waals surface area contributed by atoms with E-state index in [4.69, 9.17) is 4.74 Å². The Hall–Kier alpha value is -3.69. The van der Waals surface area contributed by atoms with Gasteiger partial charge in [0, 0.05) is 42.3 Å². The van der Waals surface area contributed by atoms with E-state index in [1.165, 1.54) is 18.0 Å². The van der Waals surface area contributed by atoms with E-state index < -0.39 is 35.3 Å². The van der Waals surface area contributed by atoms with Gasteiger partial charge >= 0.3 is 12.5 Å². The number of benzene rings is 2. The van der Waals surface area contributed by atoms with E-state index in [1.54, 1.807) is 50.7 Å². The van der Waals surface area contributed by atoms with Crippen molar-refractivity contribution in [1.29, 1.82) is 0 Å². The molecule has 10 heteroatoms. The zero-order valence-corrected chi connectivity index (χ0v) is 19.3. The van der Waals surface area contributed by atoms with E-state index in [0.29, 0.717) is 16.6 Å². The van der Waals surface area contributed by atoms with E-state index in [-0.39, 0.29) is 5.56 Å². The first-order valence-corrected chi connectivity index (χ1v) is 10.5. The van der Waals surface area contributed by atoms with Crippen LogP contribution in [-0.2, 0) is 22.1 Å². The molecule has 1 aliphatic rings. The molecule has 0 bridgehead atoms. The molecule has 1 aromatic heterocycles. The van der Waals surface area contributed by atoms with Crippen LogP contribution in [0.3, 0.4) is 0 Å². The van der Waals surface area contributed by atoms with Crippen LogP contribution < -0.4 is 15.0 Å². The van der Waals surface area contributed by atoms with Gasteiger partial charge in [-0.25, -0.2) is 4.79 Å². The molecule has 0 fully saturated rings. The number of nitrogens with one attached hydrogen (secondary N) is 1. The molecule has 0 radical (unpaired) electrons. The Bertz CT molecular complexity index is 1290. The minimum absolute atomic E-state index is 0.143. The predicted octanol–water partition coefficient (Wildman–Crippen LogP) is 4.82. The molecule has 2 aromatic carbocycles. The van der Waals surface area contributed by atoms with Crippen LogP contribution in [0.1, 0.15) is 31.9 Å². The summed E-state index contributed by atoms with van der Waals surface area (Å²) in [4.78, 5) is 28.1. The summed E-state index contributed by atoms with van der Waals surface area (Å²) in [5.74, 6) is -1.06. The minimum atomic E-state index is -4.93. The zero-order chi connectivity index (χ0) is 25.1. The Morgan fingerprint density at radius 3 is 2.35 bits per heavy atom. The molecule has 34 heavy (non-hydrogen) atoms. The third-order valence-electron chi connectivity index (χ3n) is 5.58. The number of para-hydroxylation sites is 1. The van der Waals surface area contributed by atoms with Crippen molar-refractivity contribution in [2.45, 2.75) is 38.3 Å². The van der Waals surface area contributed by atoms with E-state index in [2.05, 4.69) is 10.1 Å². The van der Waals surface area contributed by atoms with Crippen LogP contribution in [0.15, 0.2) is 48.7 Å². The predicted molar refractivity (Wildman–Crippen MR) is 120 cm³/mol. The van der Waals surface area contributed by atoms with Crippen LogP contribution in [0.4, 0.5) is 23.7 Å². The molecule has 2 amide bonds. The summed E-state index contributed by atoms with van der Waals surface area (Å²) in [5.41, 5.74) is -1.07. The number of nitrogens with zero attached hydrogens (tertiary/aromatic N) is 2. The summed E-state index contributed by atoms with van der Waals surface area (Å²) < 4.78 is 50.3. The lowest BCUT2D eigenvalue weighted by Crippen LogP contribution is -2.54. The van der Waals surface area contributed by atoms with Crippen molar-refractivity contribution in [3.8, 4) is 5.75 Å². The second kappa shape index (κ2) is 7.68. The van der Waals surface area contributed by atoms with E-state index in [0.717, 1.165) is 17.6 Å². The fourth-order valence-electron chi connectivity index (χ4n) is 4.33. The number of rotatable bonds is 3. The number of aryl methyl sites for hydroxylation is 1. The standard InChI is InChI=1S/C24H24F3N3O4/c1-22(2,3)34-21(32)28-23(17-13-29(4)18-9-7-6-8-15(17)18)16-12-14(33-24(25,26)27)10-11-19(16)30(5)20(23)31/h6-13H,1-5H3,(H,28,32)/t23-/m1/s1. The fourth-order valence-corrected chi connectivity index (χ4v) is 4.33. The number of ether oxygens (including phenoxy) is 2. The van der Waals surface area contributed by atoms with Gasteiger partial charge in [-0.3, -0.25) is 10.1 Å². The van der Waals surface area contributed by atoms with Gasteiger partial charge in [-0.15, -0.1) is 13.2 Å². The first-order chi connectivity index (χ1) is 15.7. The third kappa shape index (κ3) is 3.93. The molecule has 1 atom stereocenters. The van der Waals surface area contributed by atoms with E-state index in [9.17, 15) is 22.8 Å². The number of hydrogen-bond acceptors (Lipinski definition) is 4. The number of likely N-dealkylation sites (N-methyl/N-ethyl adjacent to an activating group) is 1. The van der Waals surface area contributed by atoms with Crippen molar-refractivity contribution in [1.82, 2.24) is 9.88 Å². The van der Waals surface area contributed by atoms with Crippen LogP contribution in [0.5, 0.6) is 5.75 Å². The maximum Gasteiger partial charge on any atom is 0.573 e. The number of hydrogen-bond donors (Lipinski definition) is 1. The van der Waals surface area contributed by atoms with Gasteiger partial charge in [0.15, 0.2) is 5.54 Å². The Labute approximate surface area is 194 Å². The molecule has 1 N–H and O–H groups in total. The highest BCUT2D eigenvalue weighted by Crippen LogP contribution is 2.48. The number of halogens is 3. The Morgan fingerprint density at radius 2 is 1.71 bits per heavy atom. The maximum absolute atomic E-state index is 13.8. The monoisotopic (exact) mass is 475 g/mol. The average molecular weight is 475 g/mol. The summed E-state index contributed by atoms with van der Waals surface area (Å²) in [5, 5.41) is 3.35. The fraction of sp³-hybridized carbons (Fsp3) is 0.333. The SMILES string of the molecule is CN1C(=O)[C@](NC(=O)OC(C)(C)C)(c2cn(C)c3ccccc23)c2cc(OC(F)(F)F)ccc21. The number of alkyl carbamates (subject to hydrolysis) is 1. The lowest BCUT2D eigenvalue weighted by molar-refractivity contribution is -0.274. The molecule has 7 nitrogen and oxygen atoms in total. The number of alkyl halides is 3. The second-order valence-electron chi connectivity index (χ2n) is 9.14. The minimum Gasteiger partial charge on any atom is -0.444 e. The van der Waals surface area contributed by atoms with Crippen LogP contribution in [-0.4, -0.2) is 35.6 Å². The molecular formula is C24H24F3N3O4. The van der Waals surface area contributed by atoms with E-state index >= 15 is 0 Å². The van der Waals surface area contributed by atoms with Gasteiger partial charge in [0.1, 0.15) is 11.4 Å². The van der Waals surface area contributed by atoms with Crippen LogP contribution in [0.2, 0.25) is 0 Å². The summed E-state index contributed by atoms with van der Waals surface area (Å²) in [6.07, 6.45) is -4.14. The lowest BCUT2D eigenvalue weighted by Gasteiger charge is -2.31. The Morgan fingerprint density at radius 1 is 1.03 bits per heavy atom. The largest absolute Gasteiger partial charge is 0.573 e. The molecule has 0 spiro atoms. The number of carbonyl (C=O) groups is 2. The number of carbonyl (C=O) groups excluding carboxylic acids is 2. The maximum atomic E-state index is 13.8. The average Bonchev–Trinajstić information content (AvgIpc) is 3.14. The molecule has 0 saturated carbocycles.